The van der Waals surface area contributed by atoms with Crippen molar-refractivity contribution >= 4 is 11.6 Å². The summed E-state index contributed by atoms with van der Waals surface area (Å²) in [5, 5.41) is 4.47. The number of hydrogen-bond acceptors (Lipinski definition) is 5. The van der Waals surface area contributed by atoms with Crippen molar-refractivity contribution in [2.75, 3.05) is 23.7 Å². The van der Waals surface area contributed by atoms with E-state index in [0.29, 0.717) is 24.0 Å². The predicted molar refractivity (Wildman–Crippen MR) is 96.4 cm³/mol. The maximum Gasteiger partial charge on any atom is 0.225 e. The molecule has 24 heavy (non-hydrogen) atoms. The van der Waals surface area contributed by atoms with Gasteiger partial charge in [-0.1, -0.05) is 18.2 Å². The van der Waals surface area contributed by atoms with Crippen LogP contribution in [-0.2, 0) is 6.42 Å². The van der Waals surface area contributed by atoms with Gasteiger partial charge in [0.2, 0.25) is 5.95 Å². The fourth-order valence-corrected chi connectivity index (χ4v) is 2.69. The molecule has 2 N–H and O–H groups in total. The van der Waals surface area contributed by atoms with E-state index < -0.39 is 0 Å². The second-order valence-electron chi connectivity index (χ2n) is 5.50. The smallest absolute Gasteiger partial charge is 0.225 e. The van der Waals surface area contributed by atoms with Crippen molar-refractivity contribution in [3.63, 3.8) is 0 Å². The minimum absolute atomic E-state index is 0.350. The van der Waals surface area contributed by atoms with E-state index in [1.54, 1.807) is 10.9 Å². The van der Waals surface area contributed by atoms with Gasteiger partial charge >= 0.3 is 0 Å². The second-order valence-corrected chi connectivity index (χ2v) is 5.50. The summed E-state index contributed by atoms with van der Waals surface area (Å²) < 4.78 is 1.57. The molecule has 0 atom stereocenters. The lowest BCUT2D eigenvalue weighted by Gasteiger charge is -2.21. The molecule has 124 valence electrons. The molecule has 0 saturated heterocycles. The first-order valence-electron chi connectivity index (χ1n) is 8.18. The molecule has 0 aliphatic heterocycles. The molecule has 1 aromatic carbocycles. The van der Waals surface area contributed by atoms with Crippen LogP contribution in [0.5, 0.6) is 0 Å². The maximum absolute atomic E-state index is 5.97. The van der Waals surface area contributed by atoms with E-state index in [-0.39, 0.29) is 0 Å². The highest BCUT2D eigenvalue weighted by Gasteiger charge is 2.10. The number of anilines is 2. The highest BCUT2D eigenvalue weighted by atomic mass is 15.4. The van der Waals surface area contributed by atoms with E-state index in [1.807, 2.05) is 18.2 Å². The van der Waals surface area contributed by atoms with Crippen LogP contribution in [0.4, 0.5) is 11.6 Å². The highest BCUT2D eigenvalue weighted by Crippen LogP contribution is 2.17. The van der Waals surface area contributed by atoms with Crippen LogP contribution >= 0.6 is 0 Å². The Hall–Kier alpha value is -2.89. The van der Waals surface area contributed by atoms with Crippen LogP contribution in [0.3, 0.4) is 0 Å². The number of hydrogen-bond donors (Lipinski definition) is 1. The Morgan fingerprint density at radius 2 is 1.79 bits per heavy atom. The first-order valence-corrected chi connectivity index (χ1v) is 8.18. The van der Waals surface area contributed by atoms with E-state index in [0.717, 1.165) is 18.7 Å². The number of nitrogens with two attached hydrogens (primary N) is 1. The van der Waals surface area contributed by atoms with Crippen LogP contribution in [0.15, 0.2) is 48.7 Å². The summed E-state index contributed by atoms with van der Waals surface area (Å²) in [4.78, 5) is 10.9. The Labute approximate surface area is 142 Å². The average molecular weight is 322 g/mol. The maximum atomic E-state index is 5.97. The Balaban J connectivity index is 1.77. The van der Waals surface area contributed by atoms with Crippen LogP contribution in [-0.4, -0.2) is 32.8 Å². The SMILES string of the molecule is CCN(CC)c1ccc(Cc2nc(N)n(-c3ccccn3)n2)cc1. The Morgan fingerprint density at radius 3 is 2.42 bits per heavy atom. The van der Waals surface area contributed by atoms with Gasteiger partial charge in [0.15, 0.2) is 11.6 Å². The molecule has 2 aromatic heterocycles. The van der Waals surface area contributed by atoms with Gasteiger partial charge in [-0.3, -0.25) is 0 Å². The topological polar surface area (TPSA) is 72.9 Å². The van der Waals surface area contributed by atoms with E-state index in [2.05, 4.69) is 58.1 Å². The Bertz CT molecular complexity index is 775. The summed E-state index contributed by atoms with van der Waals surface area (Å²) in [6.45, 7) is 6.33. The number of rotatable bonds is 6. The zero-order chi connectivity index (χ0) is 16.9. The molecule has 0 saturated carbocycles. The first-order chi connectivity index (χ1) is 11.7. The van der Waals surface area contributed by atoms with Crippen molar-refractivity contribution in [2.45, 2.75) is 20.3 Å². The van der Waals surface area contributed by atoms with Gasteiger partial charge in [0.05, 0.1) is 0 Å². The summed E-state index contributed by atoms with van der Waals surface area (Å²) in [5.41, 5.74) is 8.36. The monoisotopic (exact) mass is 322 g/mol. The van der Waals surface area contributed by atoms with Crippen molar-refractivity contribution in [2.24, 2.45) is 0 Å². The molecule has 2 heterocycles. The molecule has 6 nitrogen and oxygen atoms in total. The lowest BCUT2D eigenvalue weighted by molar-refractivity contribution is 0.828. The number of nitrogen functional groups attached to an aromatic ring is 1. The van der Waals surface area contributed by atoms with E-state index in [4.69, 9.17) is 5.73 Å². The lowest BCUT2D eigenvalue weighted by Crippen LogP contribution is -2.21. The molecule has 3 rings (SSSR count). The molecule has 0 fully saturated rings. The van der Waals surface area contributed by atoms with Gasteiger partial charge in [-0.15, -0.1) is 5.10 Å². The Morgan fingerprint density at radius 1 is 1.04 bits per heavy atom. The molecule has 0 unspecified atom stereocenters. The van der Waals surface area contributed by atoms with Gasteiger partial charge in [0.25, 0.3) is 0 Å². The van der Waals surface area contributed by atoms with Crippen LogP contribution in [0.25, 0.3) is 5.82 Å². The van der Waals surface area contributed by atoms with Crippen molar-refractivity contribution in [1.82, 2.24) is 19.7 Å². The molecular weight excluding hydrogens is 300 g/mol. The fraction of sp³-hybridized carbons (Fsp3) is 0.278. The molecule has 0 radical (unpaired) electrons. The van der Waals surface area contributed by atoms with Gasteiger partial charge in [-0.2, -0.15) is 9.67 Å². The van der Waals surface area contributed by atoms with Crippen molar-refractivity contribution in [1.29, 1.82) is 0 Å². The van der Waals surface area contributed by atoms with Crippen molar-refractivity contribution in [3.05, 3.63) is 60.0 Å². The molecule has 0 amide bonds. The van der Waals surface area contributed by atoms with E-state index in [1.165, 1.54) is 5.69 Å². The molecule has 6 heteroatoms. The van der Waals surface area contributed by atoms with Gasteiger partial charge in [0.1, 0.15) is 0 Å². The van der Waals surface area contributed by atoms with Crippen LogP contribution in [0.2, 0.25) is 0 Å². The molecule has 0 aliphatic rings. The second kappa shape index (κ2) is 7.12. The van der Waals surface area contributed by atoms with E-state index in [9.17, 15) is 0 Å². The third-order valence-corrected chi connectivity index (χ3v) is 3.97. The van der Waals surface area contributed by atoms with Crippen molar-refractivity contribution in [3.8, 4) is 5.82 Å². The quantitative estimate of drug-likeness (QED) is 0.755. The zero-order valence-electron chi connectivity index (χ0n) is 14.1. The normalized spacial score (nSPS) is 10.8. The largest absolute Gasteiger partial charge is 0.372 e. The summed E-state index contributed by atoms with van der Waals surface area (Å²) >= 11 is 0. The molecule has 0 bridgehead atoms. The summed E-state index contributed by atoms with van der Waals surface area (Å²) in [6, 6.07) is 14.1. The minimum atomic E-state index is 0.350. The van der Waals surface area contributed by atoms with E-state index >= 15 is 0 Å². The zero-order valence-corrected chi connectivity index (χ0v) is 14.1. The Kier molecular flexibility index (Phi) is 4.74. The number of benzene rings is 1. The molecule has 3 aromatic rings. The number of aromatic nitrogens is 4. The number of nitrogens with zero attached hydrogens (tertiary/aromatic N) is 5. The highest BCUT2D eigenvalue weighted by molar-refractivity contribution is 5.47. The van der Waals surface area contributed by atoms with Gasteiger partial charge in [-0.05, 0) is 43.7 Å². The summed E-state index contributed by atoms with van der Waals surface area (Å²) in [7, 11) is 0. The van der Waals surface area contributed by atoms with Crippen LogP contribution < -0.4 is 10.6 Å². The van der Waals surface area contributed by atoms with Gasteiger partial charge in [-0.25, -0.2) is 4.98 Å². The third-order valence-electron chi connectivity index (χ3n) is 3.97. The van der Waals surface area contributed by atoms with Gasteiger partial charge in [0, 0.05) is 31.4 Å². The predicted octanol–water partition coefficient (Wildman–Crippen LogP) is 2.68. The molecular formula is C18H22N6. The third kappa shape index (κ3) is 3.37. The van der Waals surface area contributed by atoms with Crippen LogP contribution in [0.1, 0.15) is 25.2 Å². The molecule has 0 spiro atoms. The van der Waals surface area contributed by atoms with Gasteiger partial charge < -0.3 is 10.6 Å². The first kappa shape index (κ1) is 16.0. The van der Waals surface area contributed by atoms with Crippen molar-refractivity contribution < 1.29 is 0 Å². The lowest BCUT2D eigenvalue weighted by atomic mass is 10.1. The summed E-state index contributed by atoms with van der Waals surface area (Å²) in [5.74, 6) is 1.71. The standard InChI is InChI=1S/C18H22N6/c1-3-23(4-2)15-10-8-14(9-11-15)13-16-21-18(19)24(22-16)17-7-5-6-12-20-17/h5-12H,3-4,13H2,1-2H3,(H2,19,21,22). The average Bonchev–Trinajstić information content (AvgIpc) is 2.98. The molecule has 0 aliphatic carbocycles. The van der Waals surface area contributed by atoms with Crippen LogP contribution in [0, 0.1) is 0 Å². The minimum Gasteiger partial charge on any atom is -0.372 e. The number of pyridine rings is 1. The summed E-state index contributed by atoms with van der Waals surface area (Å²) in [6.07, 6.45) is 2.35. The fourth-order valence-electron chi connectivity index (χ4n) is 2.69.